The van der Waals surface area contributed by atoms with Crippen LogP contribution in [0.5, 0.6) is 11.5 Å². The van der Waals surface area contributed by atoms with Gasteiger partial charge in [-0.2, -0.15) is 18.2 Å². The average molecular weight is 603 g/mol. The van der Waals surface area contributed by atoms with E-state index in [9.17, 15) is 26.7 Å². The molecule has 5 rings (SSSR count). The molecule has 0 saturated heterocycles. The molecule has 2 aromatic heterocycles. The third-order valence-electron chi connectivity index (χ3n) is 7.31. The Labute approximate surface area is 243 Å². The van der Waals surface area contributed by atoms with E-state index in [1.807, 2.05) is 0 Å². The van der Waals surface area contributed by atoms with Crippen LogP contribution in [0.1, 0.15) is 59.0 Å². The second kappa shape index (κ2) is 12.8. The van der Waals surface area contributed by atoms with Crippen LogP contribution in [0.25, 0.3) is 11.5 Å². The first-order valence-corrected chi connectivity index (χ1v) is 13.5. The number of nitrogens with zero attached hydrogens (tertiary/aromatic N) is 3. The van der Waals surface area contributed by atoms with E-state index in [-0.39, 0.29) is 35.5 Å². The minimum Gasteiger partial charge on any atom is -0.497 e. The molecule has 0 atom stereocenters. The zero-order valence-corrected chi connectivity index (χ0v) is 23.0. The van der Waals surface area contributed by atoms with Gasteiger partial charge in [-0.05, 0) is 73.6 Å². The number of methoxy groups -OCH3 is 1. The van der Waals surface area contributed by atoms with Crippen LogP contribution in [-0.4, -0.2) is 34.7 Å². The summed E-state index contributed by atoms with van der Waals surface area (Å²) in [7, 11) is 1.53. The van der Waals surface area contributed by atoms with Crippen molar-refractivity contribution in [2.24, 2.45) is 5.92 Å². The lowest BCUT2D eigenvalue weighted by atomic mass is 9.82. The zero-order chi connectivity index (χ0) is 30.6. The van der Waals surface area contributed by atoms with Gasteiger partial charge >= 0.3 is 6.18 Å². The fourth-order valence-corrected chi connectivity index (χ4v) is 4.86. The minimum absolute atomic E-state index is 0.0451. The molecule has 0 unspecified atom stereocenters. The van der Waals surface area contributed by atoms with Crippen LogP contribution in [-0.2, 0) is 12.8 Å². The molecule has 226 valence electrons. The molecule has 8 nitrogen and oxygen atoms in total. The van der Waals surface area contributed by atoms with E-state index in [0.29, 0.717) is 36.6 Å². The summed E-state index contributed by atoms with van der Waals surface area (Å²) >= 11 is 0. The standard InChI is InChI=1S/C30H27F5N4O4/c1-41-22-9-4-18(5-10-22)16-42-26-23(31)12-20(13-24(26)32)28(40)37-14-17-2-6-19(7-3-17)29-38-27(39-43-29)25-11-8-21(15-36-25)30(33,34)35/h4-5,8-13,15,17,19H,2-3,6-7,14,16H2,1H3,(H,37,40). The van der Waals surface area contributed by atoms with Gasteiger partial charge in [-0.15, -0.1) is 0 Å². The van der Waals surface area contributed by atoms with Gasteiger partial charge in [0.15, 0.2) is 17.4 Å². The predicted octanol–water partition coefficient (Wildman–Crippen LogP) is 6.72. The molecule has 0 spiro atoms. The summed E-state index contributed by atoms with van der Waals surface area (Å²) in [4.78, 5) is 20.8. The molecule has 1 aliphatic rings. The highest BCUT2D eigenvalue weighted by molar-refractivity contribution is 5.94. The van der Waals surface area contributed by atoms with Crippen molar-refractivity contribution in [3.8, 4) is 23.0 Å². The van der Waals surface area contributed by atoms with E-state index in [2.05, 4.69) is 20.4 Å². The molecule has 1 amide bonds. The van der Waals surface area contributed by atoms with Crippen LogP contribution in [0.15, 0.2) is 59.3 Å². The first-order chi connectivity index (χ1) is 20.6. The summed E-state index contributed by atoms with van der Waals surface area (Å²) < 4.78 is 83.3. The summed E-state index contributed by atoms with van der Waals surface area (Å²) in [6.07, 6.45) is -0.946. The molecule has 13 heteroatoms. The van der Waals surface area contributed by atoms with Gasteiger partial charge in [-0.3, -0.25) is 9.78 Å². The van der Waals surface area contributed by atoms with E-state index in [4.69, 9.17) is 14.0 Å². The number of hydrogen-bond donors (Lipinski definition) is 1. The van der Waals surface area contributed by atoms with Gasteiger partial charge in [-0.25, -0.2) is 8.78 Å². The van der Waals surface area contributed by atoms with E-state index in [1.54, 1.807) is 24.3 Å². The highest BCUT2D eigenvalue weighted by Gasteiger charge is 2.31. The summed E-state index contributed by atoms with van der Waals surface area (Å²) in [5, 5.41) is 6.60. The lowest BCUT2D eigenvalue weighted by Crippen LogP contribution is -2.31. The first-order valence-electron chi connectivity index (χ1n) is 13.5. The zero-order valence-electron chi connectivity index (χ0n) is 23.0. The second-order valence-electron chi connectivity index (χ2n) is 10.2. The summed E-state index contributed by atoms with van der Waals surface area (Å²) in [5.41, 5.74) is -0.167. The van der Waals surface area contributed by atoms with Crippen molar-refractivity contribution in [2.45, 2.75) is 44.4 Å². The number of carbonyl (C=O) groups is 1. The number of halogens is 5. The van der Waals surface area contributed by atoms with Crippen molar-refractivity contribution in [1.82, 2.24) is 20.4 Å². The third-order valence-corrected chi connectivity index (χ3v) is 7.31. The minimum atomic E-state index is -4.49. The Morgan fingerprint density at radius 1 is 1.02 bits per heavy atom. The number of pyridine rings is 1. The van der Waals surface area contributed by atoms with Crippen molar-refractivity contribution in [3.63, 3.8) is 0 Å². The molecule has 4 aromatic rings. The fraction of sp³-hybridized carbons (Fsp3) is 0.333. The Morgan fingerprint density at radius 2 is 1.72 bits per heavy atom. The van der Waals surface area contributed by atoms with Crippen LogP contribution >= 0.6 is 0 Å². The molecule has 1 fully saturated rings. The fourth-order valence-electron chi connectivity index (χ4n) is 4.86. The van der Waals surface area contributed by atoms with E-state index >= 15 is 0 Å². The summed E-state index contributed by atoms with van der Waals surface area (Å²) in [6.45, 7) is 0.248. The molecule has 2 heterocycles. The van der Waals surface area contributed by atoms with Gasteiger partial charge in [0.2, 0.25) is 11.7 Å². The Balaban J connectivity index is 1.10. The molecule has 43 heavy (non-hydrogen) atoms. The van der Waals surface area contributed by atoms with Gasteiger partial charge in [-0.1, -0.05) is 17.3 Å². The van der Waals surface area contributed by atoms with E-state index < -0.39 is 35.0 Å². The Kier molecular flexibility index (Phi) is 8.88. The average Bonchev–Trinajstić information content (AvgIpc) is 3.50. The van der Waals surface area contributed by atoms with Crippen molar-refractivity contribution in [1.29, 1.82) is 0 Å². The van der Waals surface area contributed by atoms with Crippen molar-refractivity contribution in [2.75, 3.05) is 13.7 Å². The number of rotatable bonds is 9. The SMILES string of the molecule is COc1ccc(COc2c(F)cc(C(=O)NCC3CCC(c4nc(-c5ccc(C(F)(F)F)cn5)no4)CC3)cc2F)cc1. The van der Waals surface area contributed by atoms with Crippen molar-refractivity contribution < 1.29 is 40.7 Å². The second-order valence-corrected chi connectivity index (χ2v) is 10.2. The number of alkyl halides is 3. The number of ether oxygens (including phenoxy) is 2. The number of amides is 1. The molecule has 1 saturated carbocycles. The summed E-state index contributed by atoms with van der Waals surface area (Å²) in [5.74, 6) is -1.93. The van der Waals surface area contributed by atoms with Crippen LogP contribution < -0.4 is 14.8 Å². The molecule has 1 N–H and O–H groups in total. The maximum atomic E-state index is 14.6. The normalized spacial score (nSPS) is 17.0. The smallest absolute Gasteiger partial charge is 0.417 e. The predicted molar refractivity (Wildman–Crippen MR) is 143 cm³/mol. The molecule has 0 bridgehead atoms. The Hall–Kier alpha value is -4.55. The lowest BCUT2D eigenvalue weighted by molar-refractivity contribution is -0.137. The summed E-state index contributed by atoms with van der Waals surface area (Å²) in [6, 6.07) is 10.8. The highest BCUT2D eigenvalue weighted by atomic mass is 19.4. The van der Waals surface area contributed by atoms with Crippen LogP contribution in [0, 0.1) is 17.6 Å². The Bertz CT molecular complexity index is 1530. The molecular formula is C30H27F5N4O4. The van der Waals surface area contributed by atoms with Gasteiger partial charge in [0, 0.05) is 24.2 Å². The van der Waals surface area contributed by atoms with Gasteiger partial charge in [0.25, 0.3) is 5.91 Å². The van der Waals surface area contributed by atoms with Gasteiger partial charge in [0.05, 0.1) is 12.7 Å². The topological polar surface area (TPSA) is 99.4 Å². The first kappa shape index (κ1) is 29.9. The monoisotopic (exact) mass is 602 g/mol. The molecule has 0 radical (unpaired) electrons. The number of hydrogen-bond acceptors (Lipinski definition) is 7. The number of nitrogens with one attached hydrogen (secondary N) is 1. The number of benzene rings is 2. The van der Waals surface area contributed by atoms with Crippen LogP contribution in [0.3, 0.4) is 0 Å². The molecule has 0 aliphatic heterocycles. The lowest BCUT2D eigenvalue weighted by Gasteiger charge is -2.26. The quantitative estimate of drug-likeness (QED) is 0.212. The van der Waals surface area contributed by atoms with E-state index in [0.717, 1.165) is 37.2 Å². The van der Waals surface area contributed by atoms with Crippen molar-refractivity contribution >= 4 is 5.91 Å². The molecular weight excluding hydrogens is 575 g/mol. The van der Waals surface area contributed by atoms with Crippen molar-refractivity contribution in [3.05, 3.63) is 88.9 Å². The van der Waals surface area contributed by atoms with Gasteiger partial charge < -0.3 is 19.3 Å². The highest BCUT2D eigenvalue weighted by Crippen LogP contribution is 2.36. The number of aromatic nitrogens is 3. The maximum Gasteiger partial charge on any atom is 0.417 e. The molecule has 2 aromatic carbocycles. The number of carbonyl (C=O) groups excluding carboxylic acids is 1. The molecule has 1 aliphatic carbocycles. The van der Waals surface area contributed by atoms with Crippen LogP contribution in [0.2, 0.25) is 0 Å². The maximum absolute atomic E-state index is 14.6. The van der Waals surface area contributed by atoms with E-state index in [1.165, 1.54) is 13.2 Å². The van der Waals surface area contributed by atoms with Crippen LogP contribution in [0.4, 0.5) is 22.0 Å². The van der Waals surface area contributed by atoms with Gasteiger partial charge in [0.1, 0.15) is 18.1 Å². The third kappa shape index (κ3) is 7.27. The Morgan fingerprint density at radius 3 is 2.33 bits per heavy atom. The largest absolute Gasteiger partial charge is 0.497 e.